The lowest BCUT2D eigenvalue weighted by atomic mass is 9.69. The lowest BCUT2D eigenvalue weighted by Gasteiger charge is -2.38. The van der Waals surface area contributed by atoms with Crippen LogP contribution in [0.3, 0.4) is 0 Å². The Morgan fingerprint density at radius 1 is 1.19 bits per heavy atom. The fourth-order valence-corrected chi connectivity index (χ4v) is 4.15. The van der Waals surface area contributed by atoms with Gasteiger partial charge < -0.3 is 15.2 Å². The largest absolute Gasteiger partial charge is 0.444 e. The van der Waals surface area contributed by atoms with Crippen LogP contribution in [0.25, 0.3) is 0 Å². The maximum absolute atomic E-state index is 11.7. The number of nitrogens with one attached hydrogen (secondary N) is 1. The molecule has 4 atom stereocenters. The average molecular weight is 297 g/mol. The number of aliphatic hydroxyl groups is 1. The van der Waals surface area contributed by atoms with Crippen LogP contribution in [0.1, 0.15) is 59.3 Å². The molecule has 0 aromatic carbocycles. The van der Waals surface area contributed by atoms with E-state index < -0.39 is 5.60 Å². The van der Waals surface area contributed by atoms with Crippen LogP contribution in [0, 0.1) is 23.7 Å². The molecule has 4 nitrogen and oxygen atoms in total. The molecule has 0 radical (unpaired) electrons. The van der Waals surface area contributed by atoms with Gasteiger partial charge in [0.05, 0.1) is 0 Å². The molecule has 1 amide bonds. The zero-order valence-electron chi connectivity index (χ0n) is 13.7. The Labute approximate surface area is 128 Å². The number of amides is 1. The number of rotatable bonds is 4. The van der Waals surface area contributed by atoms with Gasteiger partial charge in [-0.2, -0.15) is 0 Å². The van der Waals surface area contributed by atoms with E-state index in [1.54, 1.807) is 0 Å². The molecular formula is C17H31NO3. The highest BCUT2D eigenvalue weighted by molar-refractivity contribution is 5.67. The maximum Gasteiger partial charge on any atom is 0.407 e. The summed E-state index contributed by atoms with van der Waals surface area (Å²) in [5.41, 5.74) is -0.445. The fraction of sp³-hybridized carbons (Fsp3) is 0.941. The highest BCUT2D eigenvalue weighted by Gasteiger charge is 2.38. The van der Waals surface area contributed by atoms with E-state index in [0.717, 1.165) is 18.3 Å². The Hall–Kier alpha value is -0.770. The van der Waals surface area contributed by atoms with Gasteiger partial charge in [-0.1, -0.05) is 19.3 Å². The van der Waals surface area contributed by atoms with Crippen LogP contribution >= 0.6 is 0 Å². The molecule has 2 N–H and O–H groups in total. The number of alkyl carbamates (subject to hydrolysis) is 1. The lowest BCUT2D eigenvalue weighted by Crippen LogP contribution is -2.36. The van der Waals surface area contributed by atoms with E-state index in [0.29, 0.717) is 25.0 Å². The van der Waals surface area contributed by atoms with Crippen LogP contribution in [0.5, 0.6) is 0 Å². The van der Waals surface area contributed by atoms with Gasteiger partial charge >= 0.3 is 6.09 Å². The first kappa shape index (κ1) is 16.6. The quantitative estimate of drug-likeness (QED) is 0.836. The molecule has 2 aliphatic carbocycles. The van der Waals surface area contributed by atoms with Crippen molar-refractivity contribution in [2.24, 2.45) is 23.7 Å². The van der Waals surface area contributed by atoms with Gasteiger partial charge in [0.2, 0.25) is 0 Å². The molecule has 0 saturated heterocycles. The third kappa shape index (κ3) is 4.87. The van der Waals surface area contributed by atoms with Crippen molar-refractivity contribution in [1.82, 2.24) is 5.32 Å². The summed E-state index contributed by atoms with van der Waals surface area (Å²) in [5, 5.41) is 12.5. The highest BCUT2D eigenvalue weighted by Crippen LogP contribution is 2.47. The second-order valence-corrected chi connectivity index (χ2v) is 7.84. The summed E-state index contributed by atoms with van der Waals surface area (Å²) in [4.78, 5) is 11.7. The first-order valence-electron chi connectivity index (χ1n) is 8.46. The van der Waals surface area contributed by atoms with Crippen molar-refractivity contribution in [1.29, 1.82) is 0 Å². The molecular weight excluding hydrogens is 266 g/mol. The Kier molecular flexibility index (Phi) is 5.53. The van der Waals surface area contributed by atoms with E-state index >= 15 is 0 Å². The van der Waals surface area contributed by atoms with Gasteiger partial charge in [-0.25, -0.2) is 4.79 Å². The molecule has 0 aromatic heterocycles. The predicted molar refractivity (Wildman–Crippen MR) is 83.0 cm³/mol. The van der Waals surface area contributed by atoms with E-state index in [-0.39, 0.29) is 6.09 Å². The Morgan fingerprint density at radius 3 is 2.38 bits per heavy atom. The minimum absolute atomic E-state index is 0.292. The van der Waals surface area contributed by atoms with Gasteiger partial charge in [0.1, 0.15) is 5.60 Å². The normalized spacial score (nSPS) is 32.6. The van der Waals surface area contributed by atoms with E-state index in [9.17, 15) is 9.90 Å². The molecule has 0 spiro atoms. The monoisotopic (exact) mass is 297 g/mol. The summed E-state index contributed by atoms with van der Waals surface area (Å²) in [5.74, 6) is 2.67. The van der Waals surface area contributed by atoms with Crippen molar-refractivity contribution >= 4 is 6.09 Å². The van der Waals surface area contributed by atoms with Gasteiger partial charge in [-0.15, -0.1) is 0 Å². The van der Waals surface area contributed by atoms with Gasteiger partial charge in [0.25, 0.3) is 0 Å². The molecule has 122 valence electrons. The summed E-state index contributed by atoms with van der Waals surface area (Å²) < 4.78 is 5.25. The number of aliphatic hydroxyl groups excluding tert-OH is 1. The molecule has 21 heavy (non-hydrogen) atoms. The second kappa shape index (κ2) is 6.99. The average Bonchev–Trinajstić information content (AvgIpc) is 2.82. The van der Waals surface area contributed by atoms with Crippen molar-refractivity contribution in [2.75, 3.05) is 13.2 Å². The number of carbonyl (C=O) groups excluding carboxylic acids is 1. The topological polar surface area (TPSA) is 58.6 Å². The fourth-order valence-electron chi connectivity index (χ4n) is 4.15. The second-order valence-electron chi connectivity index (χ2n) is 7.84. The van der Waals surface area contributed by atoms with Crippen LogP contribution in [0.15, 0.2) is 0 Å². The Morgan fingerprint density at radius 2 is 1.81 bits per heavy atom. The highest BCUT2D eigenvalue weighted by atomic mass is 16.6. The Bertz CT molecular complexity index is 350. The zero-order chi connectivity index (χ0) is 15.5. The standard InChI is InChI=1S/C17H31NO3/c1-17(2,3)21-16(20)18-8-7-14-9-12-5-4-6-13(12)10-15(14)11-19/h12-15,19H,4-11H2,1-3H3,(H,18,20)/t12?,13?,14?,15-/m1/s1. The Balaban J connectivity index is 1.75. The van der Waals surface area contributed by atoms with Crippen molar-refractivity contribution in [2.45, 2.75) is 64.9 Å². The minimum Gasteiger partial charge on any atom is -0.444 e. The molecule has 2 fully saturated rings. The summed E-state index contributed by atoms with van der Waals surface area (Å²) >= 11 is 0. The van der Waals surface area contributed by atoms with Crippen molar-refractivity contribution in [3.05, 3.63) is 0 Å². The summed E-state index contributed by atoms with van der Waals surface area (Å²) in [7, 11) is 0. The van der Waals surface area contributed by atoms with Crippen LogP contribution in [0.4, 0.5) is 4.79 Å². The molecule has 3 unspecified atom stereocenters. The number of carbonyl (C=O) groups is 1. The number of hydrogen-bond acceptors (Lipinski definition) is 3. The number of ether oxygens (including phenoxy) is 1. The first-order valence-corrected chi connectivity index (χ1v) is 8.46. The molecule has 0 bridgehead atoms. The third-order valence-electron chi connectivity index (χ3n) is 5.11. The molecule has 2 aliphatic rings. The molecule has 2 rings (SSSR count). The van der Waals surface area contributed by atoms with E-state index in [1.165, 1.54) is 32.1 Å². The molecule has 2 saturated carbocycles. The van der Waals surface area contributed by atoms with Gasteiger partial charge in [0.15, 0.2) is 0 Å². The molecule has 0 aromatic rings. The van der Waals surface area contributed by atoms with Gasteiger partial charge in [-0.3, -0.25) is 0 Å². The smallest absolute Gasteiger partial charge is 0.407 e. The summed E-state index contributed by atoms with van der Waals surface area (Å²) in [6.07, 6.45) is 7.09. The summed E-state index contributed by atoms with van der Waals surface area (Å²) in [6, 6.07) is 0. The van der Waals surface area contributed by atoms with Gasteiger partial charge in [0, 0.05) is 13.2 Å². The van der Waals surface area contributed by atoms with E-state index in [1.807, 2.05) is 20.8 Å². The third-order valence-corrected chi connectivity index (χ3v) is 5.11. The van der Waals surface area contributed by atoms with Crippen molar-refractivity contribution < 1.29 is 14.6 Å². The van der Waals surface area contributed by atoms with Crippen LogP contribution in [0.2, 0.25) is 0 Å². The van der Waals surface area contributed by atoms with Gasteiger partial charge in [-0.05, 0) is 63.7 Å². The van der Waals surface area contributed by atoms with Crippen molar-refractivity contribution in [3.8, 4) is 0 Å². The molecule has 4 heteroatoms. The number of hydrogen-bond donors (Lipinski definition) is 2. The minimum atomic E-state index is -0.445. The zero-order valence-corrected chi connectivity index (χ0v) is 13.7. The molecule has 0 heterocycles. The molecule has 0 aliphatic heterocycles. The van der Waals surface area contributed by atoms with E-state index in [4.69, 9.17) is 4.74 Å². The summed E-state index contributed by atoms with van der Waals surface area (Å²) in [6.45, 7) is 6.55. The van der Waals surface area contributed by atoms with Crippen LogP contribution in [-0.4, -0.2) is 30.0 Å². The maximum atomic E-state index is 11.7. The van der Waals surface area contributed by atoms with Crippen molar-refractivity contribution in [3.63, 3.8) is 0 Å². The first-order chi connectivity index (χ1) is 9.89. The van der Waals surface area contributed by atoms with Crippen LogP contribution < -0.4 is 5.32 Å². The SMILES string of the molecule is CC(C)(C)OC(=O)NCCC1CC2CCCC2C[C@@H]1CO. The number of fused-ring (bicyclic) bond motifs is 1. The van der Waals surface area contributed by atoms with Crippen LogP contribution in [-0.2, 0) is 4.74 Å². The predicted octanol–water partition coefficient (Wildman–Crippen LogP) is 3.34. The van der Waals surface area contributed by atoms with E-state index in [2.05, 4.69) is 5.32 Å². The lowest BCUT2D eigenvalue weighted by molar-refractivity contribution is 0.0499.